The predicted octanol–water partition coefficient (Wildman–Crippen LogP) is 4.10. The molecule has 23 heavy (non-hydrogen) atoms. The van der Waals surface area contributed by atoms with Crippen molar-refractivity contribution in [2.45, 2.75) is 12.8 Å². The van der Waals surface area contributed by atoms with Crippen molar-refractivity contribution in [2.75, 3.05) is 5.32 Å². The normalized spacial score (nSPS) is 10.4. The Kier molecular flexibility index (Phi) is 4.68. The summed E-state index contributed by atoms with van der Waals surface area (Å²) < 4.78 is 0. The molecule has 2 N–H and O–H groups in total. The van der Waals surface area contributed by atoms with Gasteiger partial charge in [0.25, 0.3) is 0 Å². The van der Waals surface area contributed by atoms with Crippen LogP contribution in [-0.2, 0) is 17.6 Å². The minimum absolute atomic E-state index is 0.0474. The zero-order valence-electron chi connectivity index (χ0n) is 12.4. The van der Waals surface area contributed by atoms with Gasteiger partial charge in [-0.2, -0.15) is 0 Å². The Morgan fingerprint density at radius 1 is 1.04 bits per heavy atom. The lowest BCUT2D eigenvalue weighted by molar-refractivity contribution is -0.136. The second kappa shape index (κ2) is 7.07. The summed E-state index contributed by atoms with van der Waals surface area (Å²) in [5.41, 5.74) is 4.04. The van der Waals surface area contributed by atoms with Gasteiger partial charge in [-0.3, -0.25) is 4.79 Å². The van der Waals surface area contributed by atoms with Gasteiger partial charge < -0.3 is 10.4 Å². The van der Waals surface area contributed by atoms with Gasteiger partial charge >= 0.3 is 5.97 Å². The van der Waals surface area contributed by atoms with Gasteiger partial charge in [-0.1, -0.05) is 42.5 Å². The Hall–Kier alpha value is -2.66. The smallest absolute Gasteiger partial charge is 0.309 e. The number of nitrogens with one attached hydrogen (secondary N) is 1. The van der Waals surface area contributed by atoms with Crippen LogP contribution in [0, 0.1) is 0 Å². The van der Waals surface area contributed by atoms with E-state index in [0.29, 0.717) is 10.8 Å². The Bertz CT molecular complexity index is 782. The summed E-state index contributed by atoms with van der Waals surface area (Å²) in [4.78, 5) is 14.9. The second-order valence-electron chi connectivity index (χ2n) is 5.20. The molecule has 0 aliphatic heterocycles. The maximum absolute atomic E-state index is 10.7. The highest BCUT2D eigenvalue weighted by atomic mass is 32.1. The zero-order valence-corrected chi connectivity index (χ0v) is 13.2. The number of anilines is 2. The number of nitrogens with zero attached hydrogens (tertiary/aromatic N) is 1. The molecule has 4 nitrogen and oxygen atoms in total. The molecule has 0 radical (unpaired) electrons. The first-order valence-electron chi connectivity index (χ1n) is 7.25. The van der Waals surface area contributed by atoms with Gasteiger partial charge in [-0.15, -0.1) is 11.3 Å². The Morgan fingerprint density at radius 3 is 2.43 bits per heavy atom. The van der Waals surface area contributed by atoms with Gasteiger partial charge in [0, 0.05) is 11.1 Å². The number of hydrogen-bond donors (Lipinski definition) is 2. The molecular weight excluding hydrogens is 308 g/mol. The molecule has 5 heteroatoms. The van der Waals surface area contributed by atoms with E-state index in [1.54, 1.807) is 5.38 Å². The summed E-state index contributed by atoms with van der Waals surface area (Å²) in [5, 5.41) is 14.4. The second-order valence-corrected chi connectivity index (χ2v) is 6.06. The van der Waals surface area contributed by atoms with Crippen molar-refractivity contribution in [3.05, 3.63) is 76.8 Å². The lowest BCUT2D eigenvalue weighted by Crippen LogP contribution is -2.00. The summed E-state index contributed by atoms with van der Waals surface area (Å²) >= 11 is 1.41. The molecule has 0 fully saturated rings. The van der Waals surface area contributed by atoms with Gasteiger partial charge in [-0.25, -0.2) is 4.98 Å². The third-order valence-corrected chi connectivity index (χ3v) is 4.15. The van der Waals surface area contributed by atoms with Gasteiger partial charge in [0.15, 0.2) is 5.13 Å². The average Bonchev–Trinajstić information content (AvgIpc) is 2.96. The van der Waals surface area contributed by atoms with Crippen LogP contribution >= 0.6 is 11.3 Å². The number of rotatable bonds is 6. The highest BCUT2D eigenvalue weighted by molar-refractivity contribution is 7.13. The van der Waals surface area contributed by atoms with Crippen LogP contribution in [0.25, 0.3) is 0 Å². The third kappa shape index (κ3) is 4.40. The van der Waals surface area contributed by atoms with Crippen LogP contribution in [-0.4, -0.2) is 16.1 Å². The fraction of sp³-hybridized carbons (Fsp3) is 0.111. The molecule has 0 saturated carbocycles. The lowest BCUT2D eigenvalue weighted by atomic mass is 10.1. The minimum atomic E-state index is -0.868. The van der Waals surface area contributed by atoms with Crippen LogP contribution in [0.1, 0.15) is 16.8 Å². The number of aliphatic carboxylic acids is 1. The fourth-order valence-corrected chi connectivity index (χ4v) is 2.99. The van der Waals surface area contributed by atoms with E-state index in [0.717, 1.165) is 12.1 Å². The van der Waals surface area contributed by atoms with E-state index >= 15 is 0 Å². The van der Waals surface area contributed by atoms with E-state index in [4.69, 9.17) is 5.11 Å². The molecule has 1 heterocycles. The van der Waals surface area contributed by atoms with Crippen molar-refractivity contribution in [1.29, 1.82) is 0 Å². The Labute approximate surface area is 138 Å². The maximum Gasteiger partial charge on any atom is 0.309 e. The largest absolute Gasteiger partial charge is 0.481 e. The Balaban J connectivity index is 1.63. The van der Waals surface area contributed by atoms with Crippen LogP contribution in [0.15, 0.2) is 60.0 Å². The van der Waals surface area contributed by atoms with Gasteiger partial charge in [0.2, 0.25) is 0 Å². The molecule has 0 aliphatic rings. The van der Waals surface area contributed by atoms with E-state index in [1.165, 1.54) is 22.5 Å². The summed E-state index contributed by atoms with van der Waals surface area (Å²) in [6, 6.07) is 18.5. The van der Waals surface area contributed by atoms with Crippen LogP contribution < -0.4 is 5.32 Å². The van der Waals surface area contributed by atoms with Crippen LogP contribution in [0.4, 0.5) is 10.8 Å². The zero-order chi connectivity index (χ0) is 16.1. The molecule has 0 bridgehead atoms. The monoisotopic (exact) mass is 324 g/mol. The van der Waals surface area contributed by atoms with Crippen LogP contribution in [0.2, 0.25) is 0 Å². The van der Waals surface area contributed by atoms with E-state index in [9.17, 15) is 4.79 Å². The highest BCUT2D eigenvalue weighted by Gasteiger charge is 2.06. The summed E-state index contributed by atoms with van der Waals surface area (Å²) in [6.45, 7) is 0. The maximum atomic E-state index is 10.7. The molecule has 0 spiro atoms. The molecular formula is C18H16N2O2S. The van der Waals surface area contributed by atoms with Gasteiger partial charge in [-0.05, 0) is 29.7 Å². The topological polar surface area (TPSA) is 62.2 Å². The minimum Gasteiger partial charge on any atom is -0.481 e. The summed E-state index contributed by atoms with van der Waals surface area (Å²) in [5.74, 6) is -0.868. The van der Waals surface area contributed by atoms with Crippen molar-refractivity contribution in [3.8, 4) is 0 Å². The van der Waals surface area contributed by atoms with Crippen molar-refractivity contribution >= 4 is 28.1 Å². The van der Waals surface area contributed by atoms with Crippen molar-refractivity contribution in [2.24, 2.45) is 0 Å². The molecule has 116 valence electrons. The number of thiazole rings is 1. The standard InChI is InChI=1S/C18H16N2O2S/c21-17(22)11-16-12-23-18(20-16)19-15-8-6-14(7-9-15)10-13-4-2-1-3-5-13/h1-9,12H,10-11H2,(H,19,20)(H,21,22). The molecule has 1 aromatic heterocycles. The average molecular weight is 324 g/mol. The number of carbonyl (C=O) groups is 1. The fourth-order valence-electron chi connectivity index (χ4n) is 2.26. The first kappa shape index (κ1) is 15.2. The lowest BCUT2D eigenvalue weighted by Gasteiger charge is -2.05. The summed E-state index contributed by atoms with van der Waals surface area (Å²) in [6.07, 6.45) is 0.856. The molecule has 0 saturated heterocycles. The summed E-state index contributed by atoms with van der Waals surface area (Å²) in [7, 11) is 0. The molecule has 0 amide bonds. The molecule has 0 unspecified atom stereocenters. The number of benzene rings is 2. The van der Waals surface area contributed by atoms with Gasteiger partial charge in [0.05, 0.1) is 12.1 Å². The van der Waals surface area contributed by atoms with Crippen molar-refractivity contribution in [3.63, 3.8) is 0 Å². The molecule has 0 atom stereocenters. The predicted molar refractivity (Wildman–Crippen MR) is 92.4 cm³/mol. The van der Waals surface area contributed by atoms with Crippen molar-refractivity contribution < 1.29 is 9.90 Å². The molecule has 2 aromatic carbocycles. The SMILES string of the molecule is O=C(O)Cc1csc(Nc2ccc(Cc3ccccc3)cc2)n1. The number of hydrogen-bond acceptors (Lipinski definition) is 4. The first-order valence-corrected chi connectivity index (χ1v) is 8.13. The van der Waals surface area contributed by atoms with E-state index < -0.39 is 5.97 Å². The van der Waals surface area contributed by atoms with Crippen molar-refractivity contribution in [1.82, 2.24) is 4.98 Å². The number of carboxylic acids is 1. The number of carboxylic acid groups (broad SMARTS) is 1. The highest BCUT2D eigenvalue weighted by Crippen LogP contribution is 2.22. The number of aromatic nitrogens is 1. The third-order valence-electron chi connectivity index (χ3n) is 3.34. The first-order chi connectivity index (χ1) is 11.2. The quantitative estimate of drug-likeness (QED) is 0.716. The molecule has 0 aliphatic carbocycles. The van der Waals surface area contributed by atoms with Crippen LogP contribution in [0.5, 0.6) is 0 Å². The van der Waals surface area contributed by atoms with Gasteiger partial charge in [0.1, 0.15) is 0 Å². The Morgan fingerprint density at radius 2 is 1.74 bits per heavy atom. The van der Waals surface area contributed by atoms with E-state index in [-0.39, 0.29) is 6.42 Å². The molecule has 3 aromatic rings. The van der Waals surface area contributed by atoms with E-state index in [1.807, 2.05) is 30.3 Å². The van der Waals surface area contributed by atoms with E-state index in [2.05, 4.69) is 34.6 Å². The van der Waals surface area contributed by atoms with Crippen LogP contribution in [0.3, 0.4) is 0 Å². The molecule has 3 rings (SSSR count).